The number of nitrogens with zero attached hydrogens (tertiary/aromatic N) is 1. The van der Waals surface area contributed by atoms with E-state index in [0.717, 1.165) is 11.1 Å². The van der Waals surface area contributed by atoms with E-state index in [-0.39, 0.29) is 25.8 Å². The van der Waals surface area contributed by atoms with Gasteiger partial charge in [-0.25, -0.2) is 4.79 Å². The molecule has 3 fully saturated rings. The van der Waals surface area contributed by atoms with Gasteiger partial charge in [-0.15, -0.1) is 0 Å². The minimum Gasteiger partial charge on any atom is -0.497 e. The van der Waals surface area contributed by atoms with Gasteiger partial charge in [0.15, 0.2) is 0 Å². The quantitative estimate of drug-likeness (QED) is 0.610. The third-order valence-electron chi connectivity index (χ3n) is 8.13. The molecule has 1 saturated carbocycles. The van der Waals surface area contributed by atoms with Crippen LogP contribution in [0.4, 0.5) is 18.0 Å². The van der Waals surface area contributed by atoms with Crippen molar-refractivity contribution in [1.29, 1.82) is 0 Å². The molecule has 32 heavy (non-hydrogen) atoms. The summed E-state index contributed by atoms with van der Waals surface area (Å²) in [5, 5.41) is 17.3. The summed E-state index contributed by atoms with van der Waals surface area (Å²) in [5.74, 6) is 0.197. The number of carbonyl (C=O) groups is 2. The van der Waals surface area contributed by atoms with E-state index >= 15 is 0 Å². The third kappa shape index (κ3) is 2.95. The van der Waals surface area contributed by atoms with Crippen LogP contribution in [0.15, 0.2) is 18.2 Å². The Morgan fingerprint density at radius 2 is 2.03 bits per heavy atom. The van der Waals surface area contributed by atoms with Crippen LogP contribution in [-0.4, -0.2) is 65.5 Å². The molecule has 5 rings (SSSR count). The average molecular weight is 453 g/mol. The topological polar surface area (TPSA) is 90.9 Å². The number of ether oxygens (including phenoxy) is 1. The van der Waals surface area contributed by atoms with Gasteiger partial charge >= 0.3 is 12.2 Å². The normalized spacial score (nSPS) is 36.3. The summed E-state index contributed by atoms with van der Waals surface area (Å²) < 4.78 is 44.3. The van der Waals surface area contributed by atoms with Crippen LogP contribution in [0, 0.1) is 0 Å². The van der Waals surface area contributed by atoms with Gasteiger partial charge in [0.05, 0.1) is 19.1 Å². The van der Waals surface area contributed by atoms with Gasteiger partial charge in [0, 0.05) is 18.0 Å². The molecule has 1 aromatic rings. The van der Waals surface area contributed by atoms with Crippen molar-refractivity contribution in [2.24, 2.45) is 0 Å². The smallest absolute Gasteiger partial charge is 0.390 e. The number of methoxy groups -OCH3 is 1. The summed E-state index contributed by atoms with van der Waals surface area (Å²) in [5.41, 5.74) is -1.56. The van der Waals surface area contributed by atoms with E-state index in [1.165, 1.54) is 0 Å². The van der Waals surface area contributed by atoms with Gasteiger partial charge < -0.3 is 15.2 Å². The largest absolute Gasteiger partial charge is 0.497 e. The molecule has 2 aliphatic heterocycles. The molecule has 3 amide bonds. The molecule has 2 saturated heterocycles. The van der Waals surface area contributed by atoms with E-state index in [4.69, 9.17) is 4.74 Å². The summed E-state index contributed by atoms with van der Waals surface area (Å²) >= 11 is 0. The Hall–Kier alpha value is -2.33. The Morgan fingerprint density at radius 3 is 2.69 bits per heavy atom. The molecule has 4 aliphatic rings. The number of imide groups is 1. The first-order chi connectivity index (χ1) is 15.0. The van der Waals surface area contributed by atoms with E-state index < -0.39 is 47.1 Å². The maximum atomic E-state index is 13.0. The Bertz CT molecular complexity index is 986. The zero-order valence-corrected chi connectivity index (χ0v) is 17.7. The van der Waals surface area contributed by atoms with Crippen molar-refractivity contribution in [3.8, 4) is 5.75 Å². The fourth-order valence-electron chi connectivity index (χ4n) is 6.62. The van der Waals surface area contributed by atoms with Crippen molar-refractivity contribution in [1.82, 2.24) is 15.5 Å². The first-order valence-corrected chi connectivity index (χ1v) is 10.9. The highest BCUT2D eigenvalue weighted by molar-refractivity contribution is 6.07. The SMILES string of the molecule is COc1ccc2c(c1)[C@]13CCN(CCC(F)(F)F)[C@H](C2)[C@]1(O)CC[C@@]1(C3)NC(=O)NC1=O. The Kier molecular flexibility index (Phi) is 4.59. The molecular weight excluding hydrogens is 427 g/mol. The standard InChI is InChI=1S/C22H26F3N3O4/c1-32-14-3-2-13-10-16-21(31)5-4-20(17(29)26-18(30)27-20)12-19(21,15(13)11-14)6-8-28(16)9-7-22(23,24)25/h2-3,11,16,31H,4-10,12H2,1H3,(H2,26,27,29,30)/t16-,19-,20+,21-/m1/s1. The summed E-state index contributed by atoms with van der Waals surface area (Å²) in [4.78, 5) is 26.5. The number of piperidine rings is 1. The summed E-state index contributed by atoms with van der Waals surface area (Å²) in [6, 6.07) is 4.51. The zero-order chi connectivity index (χ0) is 22.9. The van der Waals surface area contributed by atoms with Crippen LogP contribution in [0.25, 0.3) is 0 Å². The van der Waals surface area contributed by atoms with Gasteiger partial charge in [-0.2, -0.15) is 13.2 Å². The summed E-state index contributed by atoms with van der Waals surface area (Å²) in [6.45, 7) is 0.186. The molecule has 3 N–H and O–H groups in total. The number of alkyl halides is 3. The highest BCUT2D eigenvalue weighted by atomic mass is 19.4. The molecule has 174 valence electrons. The Balaban J connectivity index is 1.61. The lowest BCUT2D eigenvalue weighted by molar-refractivity contribution is -0.188. The van der Waals surface area contributed by atoms with Crippen molar-refractivity contribution in [2.45, 2.75) is 67.3 Å². The van der Waals surface area contributed by atoms with Crippen molar-refractivity contribution in [3.63, 3.8) is 0 Å². The number of amides is 3. The lowest BCUT2D eigenvalue weighted by Crippen LogP contribution is -2.76. The number of aliphatic hydroxyl groups is 1. The minimum atomic E-state index is -4.28. The van der Waals surface area contributed by atoms with Crippen LogP contribution in [-0.2, 0) is 16.6 Å². The number of nitrogens with one attached hydrogen (secondary N) is 2. The fourth-order valence-corrected chi connectivity index (χ4v) is 6.62. The van der Waals surface area contributed by atoms with Crippen LogP contribution in [0.5, 0.6) is 5.75 Å². The van der Waals surface area contributed by atoms with E-state index in [2.05, 4.69) is 10.6 Å². The van der Waals surface area contributed by atoms with Crippen molar-refractivity contribution >= 4 is 11.9 Å². The summed E-state index contributed by atoms with van der Waals surface area (Å²) in [7, 11) is 1.55. The van der Waals surface area contributed by atoms with E-state index in [9.17, 15) is 27.9 Å². The van der Waals surface area contributed by atoms with Crippen LogP contribution in [0.3, 0.4) is 0 Å². The zero-order valence-electron chi connectivity index (χ0n) is 17.7. The van der Waals surface area contributed by atoms with E-state index in [0.29, 0.717) is 25.1 Å². The number of fused-ring (bicyclic) bond motifs is 1. The molecule has 7 nitrogen and oxygen atoms in total. The highest BCUT2D eigenvalue weighted by Crippen LogP contribution is 2.60. The lowest BCUT2D eigenvalue weighted by Gasteiger charge is -2.65. The van der Waals surface area contributed by atoms with Gasteiger partial charge in [0.1, 0.15) is 11.3 Å². The number of hydrogen-bond acceptors (Lipinski definition) is 5. The van der Waals surface area contributed by atoms with Crippen LogP contribution < -0.4 is 15.4 Å². The molecule has 0 aromatic heterocycles. The van der Waals surface area contributed by atoms with Gasteiger partial charge in [-0.3, -0.25) is 15.0 Å². The Morgan fingerprint density at radius 1 is 1.25 bits per heavy atom. The predicted molar refractivity (Wildman–Crippen MR) is 107 cm³/mol. The first-order valence-electron chi connectivity index (χ1n) is 10.9. The van der Waals surface area contributed by atoms with Crippen LogP contribution >= 0.6 is 0 Å². The second-order valence-corrected chi connectivity index (χ2v) is 9.57. The number of carbonyl (C=O) groups excluding carboxylic acids is 2. The van der Waals surface area contributed by atoms with Crippen molar-refractivity contribution in [2.75, 3.05) is 20.2 Å². The summed E-state index contributed by atoms with van der Waals surface area (Å²) in [6.07, 6.45) is -3.80. The van der Waals surface area contributed by atoms with Gasteiger partial charge in [0.25, 0.3) is 5.91 Å². The molecule has 2 aliphatic carbocycles. The predicted octanol–water partition coefficient (Wildman–Crippen LogP) is 2.01. The van der Waals surface area contributed by atoms with Crippen molar-refractivity contribution < 1.29 is 32.6 Å². The number of hydrogen-bond donors (Lipinski definition) is 3. The van der Waals surface area contributed by atoms with E-state index in [1.54, 1.807) is 18.1 Å². The molecule has 1 aromatic carbocycles. The number of benzene rings is 1. The Labute approximate surface area is 183 Å². The maximum Gasteiger partial charge on any atom is 0.390 e. The minimum absolute atomic E-state index is 0.180. The molecular formula is C22H26F3N3O4. The first kappa shape index (κ1) is 21.5. The number of halogens is 3. The fraction of sp³-hybridized carbons (Fsp3) is 0.636. The van der Waals surface area contributed by atoms with Gasteiger partial charge in [-0.1, -0.05) is 6.07 Å². The second-order valence-electron chi connectivity index (χ2n) is 9.57. The molecule has 10 heteroatoms. The number of urea groups is 1. The van der Waals surface area contributed by atoms with Crippen molar-refractivity contribution in [3.05, 3.63) is 29.3 Å². The van der Waals surface area contributed by atoms with Crippen LogP contribution in [0.2, 0.25) is 0 Å². The molecule has 4 atom stereocenters. The highest BCUT2D eigenvalue weighted by Gasteiger charge is 2.69. The second kappa shape index (κ2) is 6.84. The molecule has 2 heterocycles. The maximum absolute atomic E-state index is 13.0. The molecule has 2 bridgehead atoms. The van der Waals surface area contributed by atoms with Gasteiger partial charge in [-0.05, 0) is 61.9 Å². The lowest BCUT2D eigenvalue weighted by atomic mass is 9.46. The third-order valence-corrected chi connectivity index (χ3v) is 8.13. The number of rotatable bonds is 3. The van der Waals surface area contributed by atoms with Gasteiger partial charge in [0.2, 0.25) is 0 Å². The monoisotopic (exact) mass is 453 g/mol. The van der Waals surface area contributed by atoms with Crippen LogP contribution in [0.1, 0.15) is 43.2 Å². The molecule has 0 unspecified atom stereocenters. The molecule has 1 spiro atoms. The average Bonchev–Trinajstić information content (AvgIpc) is 2.99. The van der Waals surface area contributed by atoms with E-state index in [1.807, 2.05) is 12.1 Å². The number of likely N-dealkylation sites (tertiary alicyclic amines) is 1. The molecule has 0 radical (unpaired) electrons.